The predicted octanol–water partition coefficient (Wildman–Crippen LogP) is 2.14. The number of aryl methyl sites for hydroxylation is 1. The molecule has 3 rings (SSSR count). The normalized spacial score (nSPS) is 12.6. The maximum atomic E-state index is 12.0. The lowest BCUT2D eigenvalue weighted by Gasteiger charge is -2.12. The van der Waals surface area contributed by atoms with Crippen molar-refractivity contribution in [3.63, 3.8) is 0 Å². The van der Waals surface area contributed by atoms with Crippen LogP contribution in [0.25, 0.3) is 0 Å². The highest BCUT2D eigenvalue weighted by Crippen LogP contribution is 2.25. The van der Waals surface area contributed by atoms with E-state index in [1.165, 1.54) is 22.5 Å². The Morgan fingerprint density at radius 2 is 2.04 bits per heavy atom. The van der Waals surface area contributed by atoms with Crippen molar-refractivity contribution >= 4 is 47.2 Å². The number of carbonyl (C=O) groups excluding carboxylic acids is 1. The van der Waals surface area contributed by atoms with Crippen molar-refractivity contribution in [1.29, 1.82) is 0 Å². The molecule has 2 heterocycles. The molecule has 7 nitrogen and oxygen atoms in total. The summed E-state index contributed by atoms with van der Waals surface area (Å²) in [7, 11) is 1.74. The van der Waals surface area contributed by atoms with Gasteiger partial charge in [0.15, 0.2) is 5.96 Å². The average Bonchev–Trinajstić information content (AvgIpc) is 3.31. The van der Waals surface area contributed by atoms with Crippen molar-refractivity contribution in [2.45, 2.75) is 19.8 Å². The summed E-state index contributed by atoms with van der Waals surface area (Å²) in [6.45, 7) is 4.52. The summed E-state index contributed by atoms with van der Waals surface area (Å²) >= 11 is 1.36. The number of rotatable bonds is 7. The number of halogens is 1. The molecule has 1 amide bonds. The van der Waals surface area contributed by atoms with Gasteiger partial charge in [-0.2, -0.15) is 0 Å². The Morgan fingerprint density at radius 3 is 2.79 bits per heavy atom. The zero-order chi connectivity index (χ0) is 19.1. The first-order valence-electron chi connectivity index (χ1n) is 9.05. The molecule has 0 fully saturated rings. The Morgan fingerprint density at radius 1 is 1.25 bits per heavy atom. The molecule has 0 saturated carbocycles. The molecule has 28 heavy (non-hydrogen) atoms. The summed E-state index contributed by atoms with van der Waals surface area (Å²) in [5, 5.41) is 9.39. The second-order valence-electron chi connectivity index (χ2n) is 6.24. The minimum absolute atomic E-state index is 0. The standard InChI is InChI=1S/C19H25N5O2S.HI/c1-13-17(27-12-24-13)18(25)21-8-9-23-19(20-2)22-7-5-14-3-4-16-15(11-14)6-10-26-16;/h3-4,11-12H,5-10H2,1-2H3,(H,21,25)(H2,20,22,23);1H. The van der Waals surface area contributed by atoms with Crippen LogP contribution in [0.1, 0.15) is 26.5 Å². The van der Waals surface area contributed by atoms with E-state index in [2.05, 4.69) is 44.1 Å². The first-order chi connectivity index (χ1) is 13.2. The highest BCUT2D eigenvalue weighted by atomic mass is 127. The van der Waals surface area contributed by atoms with Crippen LogP contribution in [0.2, 0.25) is 0 Å². The van der Waals surface area contributed by atoms with Crippen molar-refractivity contribution in [3.8, 4) is 5.75 Å². The van der Waals surface area contributed by atoms with Crippen LogP contribution in [-0.2, 0) is 12.8 Å². The maximum Gasteiger partial charge on any atom is 0.263 e. The van der Waals surface area contributed by atoms with Crippen molar-refractivity contribution in [2.24, 2.45) is 4.99 Å². The SMILES string of the molecule is CN=C(NCCNC(=O)c1scnc1C)NCCc1ccc2c(c1)CCO2.I. The second-order valence-corrected chi connectivity index (χ2v) is 7.09. The van der Waals surface area contributed by atoms with Crippen LogP contribution in [0.3, 0.4) is 0 Å². The Bertz CT molecular complexity index is 824. The van der Waals surface area contributed by atoms with Gasteiger partial charge in [0.25, 0.3) is 5.91 Å². The minimum Gasteiger partial charge on any atom is -0.493 e. The molecule has 0 radical (unpaired) electrons. The third kappa shape index (κ3) is 6.06. The van der Waals surface area contributed by atoms with Gasteiger partial charge >= 0.3 is 0 Å². The molecule has 0 atom stereocenters. The molecule has 1 aliphatic heterocycles. The largest absolute Gasteiger partial charge is 0.493 e. The number of amides is 1. The highest BCUT2D eigenvalue weighted by molar-refractivity contribution is 14.0. The highest BCUT2D eigenvalue weighted by Gasteiger charge is 2.12. The van der Waals surface area contributed by atoms with Gasteiger partial charge in [-0.1, -0.05) is 12.1 Å². The lowest BCUT2D eigenvalue weighted by molar-refractivity contribution is 0.0957. The molecule has 0 bridgehead atoms. The summed E-state index contributed by atoms with van der Waals surface area (Å²) in [5.41, 5.74) is 5.03. The number of ether oxygens (including phenoxy) is 1. The molecule has 1 aromatic carbocycles. The van der Waals surface area contributed by atoms with Crippen LogP contribution in [0.4, 0.5) is 0 Å². The van der Waals surface area contributed by atoms with Crippen molar-refractivity contribution in [3.05, 3.63) is 45.4 Å². The Labute approximate surface area is 186 Å². The van der Waals surface area contributed by atoms with Gasteiger partial charge < -0.3 is 20.7 Å². The van der Waals surface area contributed by atoms with Gasteiger partial charge in [0.2, 0.25) is 0 Å². The van der Waals surface area contributed by atoms with Crippen LogP contribution in [-0.4, -0.2) is 50.1 Å². The number of hydrogen-bond donors (Lipinski definition) is 3. The number of carbonyl (C=O) groups is 1. The van der Waals surface area contributed by atoms with Crippen molar-refractivity contribution in [2.75, 3.05) is 33.3 Å². The molecule has 152 valence electrons. The van der Waals surface area contributed by atoms with Crippen molar-refractivity contribution in [1.82, 2.24) is 20.9 Å². The van der Waals surface area contributed by atoms with E-state index < -0.39 is 0 Å². The first-order valence-corrected chi connectivity index (χ1v) is 9.92. The molecule has 9 heteroatoms. The summed E-state index contributed by atoms with van der Waals surface area (Å²) < 4.78 is 5.54. The molecular formula is C19H26IN5O2S. The molecule has 1 aromatic heterocycles. The number of benzene rings is 1. The fraction of sp³-hybridized carbons (Fsp3) is 0.421. The number of fused-ring (bicyclic) bond motifs is 1. The third-order valence-corrected chi connectivity index (χ3v) is 5.27. The number of aromatic nitrogens is 1. The van der Waals surface area contributed by atoms with E-state index in [0.717, 1.165) is 43.4 Å². The van der Waals surface area contributed by atoms with Crippen LogP contribution < -0.4 is 20.7 Å². The zero-order valence-electron chi connectivity index (χ0n) is 16.1. The van der Waals surface area contributed by atoms with E-state index in [0.29, 0.717) is 18.0 Å². The Kier molecular flexibility index (Phi) is 8.97. The molecule has 0 aliphatic carbocycles. The van der Waals surface area contributed by atoms with Crippen LogP contribution in [0, 0.1) is 6.92 Å². The quantitative estimate of drug-likeness (QED) is 0.228. The van der Waals surface area contributed by atoms with Crippen LogP contribution in [0.15, 0.2) is 28.7 Å². The number of aliphatic imine (C=N–C) groups is 1. The van der Waals surface area contributed by atoms with E-state index in [-0.39, 0.29) is 29.9 Å². The number of hydrogen-bond acceptors (Lipinski definition) is 5. The van der Waals surface area contributed by atoms with Crippen molar-refractivity contribution < 1.29 is 9.53 Å². The summed E-state index contributed by atoms with van der Waals surface area (Å²) in [6, 6.07) is 6.38. The number of thiazole rings is 1. The number of guanidine groups is 1. The summed E-state index contributed by atoms with van der Waals surface area (Å²) in [5.74, 6) is 1.66. The van der Waals surface area contributed by atoms with Crippen LogP contribution >= 0.6 is 35.3 Å². The van der Waals surface area contributed by atoms with Gasteiger partial charge in [0, 0.05) is 33.1 Å². The maximum absolute atomic E-state index is 12.0. The molecule has 3 N–H and O–H groups in total. The van der Waals surface area contributed by atoms with Gasteiger partial charge in [-0.3, -0.25) is 9.79 Å². The van der Waals surface area contributed by atoms with Gasteiger partial charge in [-0.05, 0) is 30.5 Å². The lowest BCUT2D eigenvalue weighted by Crippen LogP contribution is -2.42. The smallest absolute Gasteiger partial charge is 0.263 e. The van der Waals surface area contributed by atoms with Gasteiger partial charge in [-0.15, -0.1) is 35.3 Å². The fourth-order valence-electron chi connectivity index (χ4n) is 2.90. The van der Waals surface area contributed by atoms with E-state index in [1.54, 1.807) is 12.6 Å². The average molecular weight is 515 g/mol. The van der Waals surface area contributed by atoms with E-state index >= 15 is 0 Å². The molecule has 1 aliphatic rings. The first kappa shape index (κ1) is 22.4. The molecule has 0 spiro atoms. The zero-order valence-corrected chi connectivity index (χ0v) is 19.2. The minimum atomic E-state index is -0.0830. The monoisotopic (exact) mass is 515 g/mol. The van der Waals surface area contributed by atoms with E-state index in [9.17, 15) is 4.79 Å². The van der Waals surface area contributed by atoms with Gasteiger partial charge in [0.1, 0.15) is 10.6 Å². The topological polar surface area (TPSA) is 87.6 Å². The summed E-state index contributed by atoms with van der Waals surface area (Å²) in [4.78, 5) is 21.0. The Balaban J connectivity index is 0.00000280. The fourth-order valence-corrected chi connectivity index (χ4v) is 3.62. The number of nitrogens with zero attached hydrogens (tertiary/aromatic N) is 2. The third-order valence-electron chi connectivity index (χ3n) is 4.34. The van der Waals surface area contributed by atoms with Crippen LogP contribution in [0.5, 0.6) is 5.75 Å². The van der Waals surface area contributed by atoms with E-state index in [4.69, 9.17) is 4.74 Å². The Hall–Kier alpha value is -1.88. The number of nitrogens with one attached hydrogen (secondary N) is 3. The molecule has 2 aromatic rings. The summed E-state index contributed by atoms with van der Waals surface area (Å²) in [6.07, 6.45) is 1.90. The second kappa shape index (κ2) is 11.2. The van der Waals surface area contributed by atoms with Gasteiger partial charge in [0.05, 0.1) is 17.8 Å². The molecular weight excluding hydrogens is 489 g/mol. The molecule has 0 saturated heterocycles. The lowest BCUT2D eigenvalue weighted by atomic mass is 10.1. The van der Waals surface area contributed by atoms with E-state index in [1.807, 2.05) is 6.92 Å². The molecule has 0 unspecified atom stereocenters. The van der Waals surface area contributed by atoms with Gasteiger partial charge in [-0.25, -0.2) is 4.98 Å². The predicted molar refractivity (Wildman–Crippen MR) is 123 cm³/mol.